The predicted molar refractivity (Wildman–Crippen MR) is 134 cm³/mol. The number of rotatable bonds is 18. The Morgan fingerprint density at radius 3 is 1.81 bits per heavy atom. The van der Waals surface area contributed by atoms with Gasteiger partial charge in [-0.1, -0.05) is 102 Å². The topological polar surface area (TPSA) is 30.5 Å². The van der Waals surface area contributed by atoms with Crippen LogP contribution in [0.5, 0.6) is 11.5 Å². The molecule has 0 spiro atoms. The van der Waals surface area contributed by atoms with Gasteiger partial charge >= 0.3 is 0 Å². The number of ether oxygens (including phenoxy) is 2. The zero-order chi connectivity index (χ0) is 22.0. The molecule has 0 bridgehead atoms. The molecule has 0 aliphatic rings. The van der Waals surface area contributed by atoms with E-state index >= 15 is 0 Å². The molecule has 172 valence electrons. The fourth-order valence-corrected chi connectivity index (χ4v) is 3.67. The maximum Gasteiger partial charge on any atom is 0.184 e. The Kier molecular flexibility index (Phi) is 13.4. The molecule has 3 nitrogen and oxygen atoms in total. The van der Waals surface area contributed by atoms with E-state index in [0.29, 0.717) is 0 Å². The van der Waals surface area contributed by atoms with Gasteiger partial charge in [-0.3, -0.25) is 0 Å². The second kappa shape index (κ2) is 16.5. The van der Waals surface area contributed by atoms with Crippen molar-refractivity contribution in [2.75, 3.05) is 18.5 Å². The van der Waals surface area contributed by atoms with E-state index in [2.05, 4.69) is 37.4 Å². The standard InChI is InChI=1S/C28H43NO2/c1-3-5-7-9-11-16-23-30-27-22-18-21-26(29-25-19-14-13-15-20-25)28(27)31-24-17-12-10-8-6-4-2/h13-15,18-22,29H,3-12,16-17,23-24H2,1-2H3. The minimum absolute atomic E-state index is 0.729. The summed E-state index contributed by atoms with van der Waals surface area (Å²) in [5.74, 6) is 1.69. The maximum absolute atomic E-state index is 6.27. The van der Waals surface area contributed by atoms with Gasteiger partial charge in [0.25, 0.3) is 0 Å². The van der Waals surface area contributed by atoms with Crippen LogP contribution in [-0.2, 0) is 0 Å². The van der Waals surface area contributed by atoms with Gasteiger partial charge in [-0.2, -0.15) is 0 Å². The smallest absolute Gasteiger partial charge is 0.184 e. The summed E-state index contributed by atoms with van der Waals surface area (Å²) >= 11 is 0. The number of unbranched alkanes of at least 4 members (excludes halogenated alkanes) is 10. The molecule has 2 rings (SSSR count). The zero-order valence-electron chi connectivity index (χ0n) is 19.8. The Morgan fingerprint density at radius 1 is 0.581 bits per heavy atom. The summed E-state index contributed by atoms with van der Waals surface area (Å²) in [5, 5.41) is 3.50. The molecule has 2 aromatic rings. The lowest BCUT2D eigenvalue weighted by atomic mass is 10.1. The third-order valence-corrected chi connectivity index (χ3v) is 5.53. The molecule has 2 aromatic carbocycles. The molecule has 0 fully saturated rings. The SMILES string of the molecule is CCCCCCCCOc1cccc(Nc2ccccc2)c1OCCCCCCCC. The van der Waals surface area contributed by atoms with E-state index in [9.17, 15) is 0 Å². The highest BCUT2D eigenvalue weighted by molar-refractivity contribution is 5.70. The van der Waals surface area contributed by atoms with Gasteiger partial charge in [-0.25, -0.2) is 0 Å². The Morgan fingerprint density at radius 2 is 1.16 bits per heavy atom. The number of hydrogen-bond donors (Lipinski definition) is 1. The van der Waals surface area contributed by atoms with Crippen LogP contribution in [0.4, 0.5) is 11.4 Å². The van der Waals surface area contributed by atoms with E-state index in [1.54, 1.807) is 0 Å². The maximum atomic E-state index is 6.27. The lowest BCUT2D eigenvalue weighted by molar-refractivity contribution is 0.259. The molecular weight excluding hydrogens is 382 g/mol. The van der Waals surface area contributed by atoms with Crippen LogP contribution in [0, 0.1) is 0 Å². The quantitative estimate of drug-likeness (QED) is 0.242. The third kappa shape index (κ3) is 10.6. The summed E-state index contributed by atoms with van der Waals surface area (Å²) in [7, 11) is 0. The Bertz CT molecular complexity index is 687. The van der Waals surface area contributed by atoms with Crippen LogP contribution in [0.3, 0.4) is 0 Å². The molecule has 0 aliphatic carbocycles. The average Bonchev–Trinajstić information content (AvgIpc) is 2.80. The minimum Gasteiger partial charge on any atom is -0.490 e. The molecule has 0 atom stereocenters. The fraction of sp³-hybridized carbons (Fsp3) is 0.571. The second-order valence-corrected chi connectivity index (χ2v) is 8.36. The van der Waals surface area contributed by atoms with Gasteiger partial charge in [0.2, 0.25) is 0 Å². The van der Waals surface area contributed by atoms with Crippen molar-refractivity contribution in [3.8, 4) is 11.5 Å². The summed E-state index contributed by atoms with van der Waals surface area (Å²) in [5.41, 5.74) is 2.03. The van der Waals surface area contributed by atoms with Crippen molar-refractivity contribution in [3.05, 3.63) is 48.5 Å². The predicted octanol–water partition coefficient (Wildman–Crippen LogP) is 8.91. The monoisotopic (exact) mass is 425 g/mol. The number of benzene rings is 2. The fourth-order valence-electron chi connectivity index (χ4n) is 3.67. The van der Waals surface area contributed by atoms with Crippen LogP contribution < -0.4 is 14.8 Å². The molecule has 0 heterocycles. The highest BCUT2D eigenvalue weighted by atomic mass is 16.5. The summed E-state index contributed by atoms with van der Waals surface area (Å²) in [4.78, 5) is 0. The van der Waals surface area contributed by atoms with Crippen LogP contribution in [0.15, 0.2) is 48.5 Å². The molecule has 0 aromatic heterocycles. The Balaban J connectivity index is 1.92. The van der Waals surface area contributed by atoms with Gasteiger partial charge in [0, 0.05) is 5.69 Å². The van der Waals surface area contributed by atoms with E-state index in [1.807, 2.05) is 30.3 Å². The summed E-state index contributed by atoms with van der Waals surface area (Å²) in [6.07, 6.45) is 15.1. The number of para-hydroxylation sites is 2. The molecule has 3 heteroatoms. The summed E-state index contributed by atoms with van der Waals surface area (Å²) < 4.78 is 12.4. The second-order valence-electron chi connectivity index (χ2n) is 8.36. The van der Waals surface area contributed by atoms with Crippen molar-refractivity contribution in [2.45, 2.75) is 90.9 Å². The summed E-state index contributed by atoms with van der Waals surface area (Å²) in [6, 6.07) is 16.4. The van der Waals surface area contributed by atoms with Crippen LogP contribution in [0.25, 0.3) is 0 Å². The van der Waals surface area contributed by atoms with E-state index in [-0.39, 0.29) is 0 Å². The third-order valence-electron chi connectivity index (χ3n) is 5.53. The molecule has 1 N–H and O–H groups in total. The van der Waals surface area contributed by atoms with Gasteiger partial charge in [-0.05, 0) is 37.1 Å². The molecular formula is C28H43NO2. The van der Waals surface area contributed by atoms with E-state index in [1.165, 1.54) is 64.2 Å². The Hall–Kier alpha value is -2.16. The molecule has 0 saturated heterocycles. The molecule has 0 saturated carbocycles. The van der Waals surface area contributed by atoms with Gasteiger partial charge in [0.15, 0.2) is 11.5 Å². The first kappa shape index (κ1) is 25.1. The molecule has 31 heavy (non-hydrogen) atoms. The van der Waals surface area contributed by atoms with Crippen molar-refractivity contribution in [1.82, 2.24) is 0 Å². The molecule has 0 amide bonds. The van der Waals surface area contributed by atoms with Crippen molar-refractivity contribution in [1.29, 1.82) is 0 Å². The van der Waals surface area contributed by atoms with Crippen molar-refractivity contribution in [2.24, 2.45) is 0 Å². The van der Waals surface area contributed by atoms with Crippen molar-refractivity contribution < 1.29 is 9.47 Å². The van der Waals surface area contributed by atoms with E-state index < -0.39 is 0 Å². The first-order valence-electron chi connectivity index (χ1n) is 12.6. The molecule has 0 aliphatic heterocycles. The van der Waals surface area contributed by atoms with Gasteiger partial charge in [-0.15, -0.1) is 0 Å². The average molecular weight is 426 g/mol. The number of anilines is 2. The lowest BCUT2D eigenvalue weighted by Gasteiger charge is -2.18. The first-order valence-corrected chi connectivity index (χ1v) is 12.6. The van der Waals surface area contributed by atoms with Gasteiger partial charge < -0.3 is 14.8 Å². The number of hydrogen-bond acceptors (Lipinski definition) is 3. The zero-order valence-corrected chi connectivity index (χ0v) is 19.8. The van der Waals surface area contributed by atoms with Crippen LogP contribution in [0.1, 0.15) is 90.9 Å². The molecule has 0 unspecified atom stereocenters. The summed E-state index contributed by atoms with van der Waals surface area (Å²) in [6.45, 7) is 5.99. The largest absolute Gasteiger partial charge is 0.490 e. The lowest BCUT2D eigenvalue weighted by Crippen LogP contribution is -2.05. The van der Waals surface area contributed by atoms with Crippen LogP contribution in [-0.4, -0.2) is 13.2 Å². The Labute approximate surface area is 190 Å². The van der Waals surface area contributed by atoms with Crippen molar-refractivity contribution >= 4 is 11.4 Å². The molecule has 0 radical (unpaired) electrons. The van der Waals surface area contributed by atoms with Gasteiger partial charge in [0.1, 0.15) is 0 Å². The highest BCUT2D eigenvalue weighted by Gasteiger charge is 2.12. The number of nitrogens with one attached hydrogen (secondary N) is 1. The van der Waals surface area contributed by atoms with E-state index in [4.69, 9.17) is 9.47 Å². The first-order chi connectivity index (χ1) is 15.3. The van der Waals surface area contributed by atoms with Crippen molar-refractivity contribution in [3.63, 3.8) is 0 Å². The van der Waals surface area contributed by atoms with Crippen LogP contribution in [0.2, 0.25) is 0 Å². The van der Waals surface area contributed by atoms with Gasteiger partial charge in [0.05, 0.1) is 18.9 Å². The van der Waals surface area contributed by atoms with Crippen LogP contribution >= 0.6 is 0 Å². The minimum atomic E-state index is 0.729. The highest BCUT2D eigenvalue weighted by Crippen LogP contribution is 2.37. The normalized spacial score (nSPS) is 10.8. The van der Waals surface area contributed by atoms with E-state index in [0.717, 1.165) is 48.9 Å².